The van der Waals surface area contributed by atoms with Crippen molar-refractivity contribution in [3.8, 4) is 11.6 Å². The Kier molecular flexibility index (Phi) is 5.52. The molecule has 0 saturated carbocycles. The normalized spacial score (nSPS) is 16.3. The zero-order valence-electron chi connectivity index (χ0n) is 16.0. The molecule has 1 aromatic carbocycles. The highest BCUT2D eigenvalue weighted by molar-refractivity contribution is 7.99. The predicted octanol–water partition coefficient (Wildman–Crippen LogP) is 4.06. The lowest BCUT2D eigenvalue weighted by molar-refractivity contribution is -0.113. The molecule has 1 amide bonds. The summed E-state index contributed by atoms with van der Waals surface area (Å²) < 4.78 is 14.3. The van der Waals surface area contributed by atoms with Crippen LogP contribution in [0.4, 0.5) is 5.13 Å². The van der Waals surface area contributed by atoms with Crippen molar-refractivity contribution in [3.05, 3.63) is 42.7 Å². The van der Waals surface area contributed by atoms with Gasteiger partial charge in [-0.1, -0.05) is 35.2 Å². The SMILES string of the molecule is O=C(CSc1nnc(-c2ccco2)n1CC1CCCO1)Nc1nc2ccccc2s1. The first kappa shape index (κ1) is 19.3. The predicted molar refractivity (Wildman–Crippen MR) is 116 cm³/mol. The maximum atomic E-state index is 12.5. The first-order valence-electron chi connectivity index (χ1n) is 9.63. The Labute approximate surface area is 180 Å². The van der Waals surface area contributed by atoms with Crippen LogP contribution in [0.3, 0.4) is 0 Å². The molecule has 10 heteroatoms. The number of aromatic nitrogens is 4. The number of para-hydroxylation sites is 1. The van der Waals surface area contributed by atoms with Gasteiger partial charge in [0, 0.05) is 6.61 Å². The Morgan fingerprint density at radius 3 is 3.00 bits per heavy atom. The Hall–Kier alpha value is -2.69. The highest BCUT2D eigenvalue weighted by Gasteiger charge is 2.23. The number of nitrogens with one attached hydrogen (secondary N) is 1. The van der Waals surface area contributed by atoms with E-state index in [2.05, 4.69) is 20.5 Å². The van der Waals surface area contributed by atoms with Gasteiger partial charge in [0.2, 0.25) is 11.7 Å². The van der Waals surface area contributed by atoms with E-state index in [1.54, 1.807) is 6.26 Å². The van der Waals surface area contributed by atoms with Crippen molar-refractivity contribution < 1.29 is 13.9 Å². The molecule has 154 valence electrons. The van der Waals surface area contributed by atoms with Gasteiger partial charge in [0.05, 0.1) is 34.9 Å². The van der Waals surface area contributed by atoms with E-state index >= 15 is 0 Å². The molecule has 5 rings (SSSR count). The van der Waals surface area contributed by atoms with Gasteiger partial charge < -0.3 is 14.5 Å². The van der Waals surface area contributed by atoms with E-state index in [1.807, 2.05) is 41.0 Å². The third-order valence-corrected chi connectivity index (χ3v) is 6.66. The molecule has 30 heavy (non-hydrogen) atoms. The van der Waals surface area contributed by atoms with E-state index < -0.39 is 0 Å². The molecule has 3 aromatic heterocycles. The Bertz CT molecular complexity index is 1120. The van der Waals surface area contributed by atoms with Crippen LogP contribution >= 0.6 is 23.1 Å². The Morgan fingerprint density at radius 1 is 1.27 bits per heavy atom. The van der Waals surface area contributed by atoms with Crippen molar-refractivity contribution in [2.75, 3.05) is 17.7 Å². The molecule has 1 atom stereocenters. The first-order valence-corrected chi connectivity index (χ1v) is 11.4. The summed E-state index contributed by atoms with van der Waals surface area (Å²) in [6.45, 7) is 1.40. The molecular formula is C20H19N5O3S2. The zero-order valence-corrected chi connectivity index (χ0v) is 17.6. The van der Waals surface area contributed by atoms with Crippen LogP contribution in [0.5, 0.6) is 0 Å². The van der Waals surface area contributed by atoms with Crippen LogP contribution in [0.2, 0.25) is 0 Å². The number of carbonyl (C=O) groups is 1. The van der Waals surface area contributed by atoms with Crippen LogP contribution in [0.25, 0.3) is 21.8 Å². The van der Waals surface area contributed by atoms with Gasteiger partial charge in [-0.15, -0.1) is 10.2 Å². The molecule has 0 spiro atoms. The average molecular weight is 442 g/mol. The summed E-state index contributed by atoms with van der Waals surface area (Å²) in [7, 11) is 0. The lowest BCUT2D eigenvalue weighted by Gasteiger charge is -2.13. The van der Waals surface area contributed by atoms with Crippen LogP contribution in [-0.2, 0) is 16.1 Å². The number of carbonyl (C=O) groups excluding carboxylic acids is 1. The van der Waals surface area contributed by atoms with Crippen molar-refractivity contribution in [1.82, 2.24) is 19.7 Å². The van der Waals surface area contributed by atoms with Gasteiger partial charge in [-0.05, 0) is 37.1 Å². The summed E-state index contributed by atoms with van der Waals surface area (Å²) in [4.78, 5) is 16.9. The molecule has 1 aliphatic heterocycles. The third kappa shape index (κ3) is 4.11. The lowest BCUT2D eigenvalue weighted by Crippen LogP contribution is -2.18. The standard InChI is InChI=1S/C20H19N5O3S2/c26-17(22-19-21-14-6-1-2-8-16(14)30-19)12-29-20-24-23-18(15-7-4-10-28-15)25(20)11-13-5-3-9-27-13/h1-2,4,6-8,10,13H,3,5,9,11-12H2,(H,21,22,26). The summed E-state index contributed by atoms with van der Waals surface area (Å²) in [6.07, 6.45) is 3.78. The molecule has 1 fully saturated rings. The molecule has 1 saturated heterocycles. The van der Waals surface area contributed by atoms with Gasteiger partial charge in [0.15, 0.2) is 16.0 Å². The summed E-state index contributed by atoms with van der Waals surface area (Å²) in [5, 5.41) is 12.7. The molecule has 0 aliphatic carbocycles. The maximum absolute atomic E-state index is 12.5. The highest BCUT2D eigenvalue weighted by atomic mass is 32.2. The van der Waals surface area contributed by atoms with Crippen molar-refractivity contribution in [2.24, 2.45) is 0 Å². The number of benzene rings is 1. The van der Waals surface area contributed by atoms with E-state index in [4.69, 9.17) is 9.15 Å². The second-order valence-electron chi connectivity index (χ2n) is 6.85. The van der Waals surface area contributed by atoms with Gasteiger partial charge in [0.25, 0.3) is 0 Å². The number of thiazole rings is 1. The number of amides is 1. The molecule has 0 radical (unpaired) electrons. The number of rotatable bonds is 7. The number of thioether (sulfide) groups is 1. The minimum Gasteiger partial charge on any atom is -0.461 e. The summed E-state index contributed by atoms with van der Waals surface area (Å²) in [6, 6.07) is 11.5. The molecule has 4 aromatic rings. The zero-order chi connectivity index (χ0) is 20.3. The molecule has 1 N–H and O–H groups in total. The van der Waals surface area contributed by atoms with Crippen LogP contribution in [-0.4, -0.2) is 44.1 Å². The van der Waals surface area contributed by atoms with Crippen LogP contribution in [0, 0.1) is 0 Å². The smallest absolute Gasteiger partial charge is 0.236 e. The number of fused-ring (bicyclic) bond motifs is 1. The largest absolute Gasteiger partial charge is 0.461 e. The number of nitrogens with zero attached hydrogens (tertiary/aromatic N) is 4. The highest BCUT2D eigenvalue weighted by Crippen LogP contribution is 2.28. The first-order chi connectivity index (χ1) is 14.8. The minimum atomic E-state index is -0.134. The van der Waals surface area contributed by atoms with Gasteiger partial charge >= 0.3 is 0 Å². The molecular weight excluding hydrogens is 422 g/mol. The lowest BCUT2D eigenvalue weighted by atomic mass is 10.2. The molecule has 1 aliphatic rings. The molecule has 1 unspecified atom stereocenters. The van der Waals surface area contributed by atoms with E-state index in [0.717, 1.165) is 29.7 Å². The number of furan rings is 1. The summed E-state index contributed by atoms with van der Waals surface area (Å²) >= 11 is 2.80. The number of ether oxygens (including phenoxy) is 1. The van der Waals surface area contributed by atoms with Crippen molar-refractivity contribution in [1.29, 1.82) is 0 Å². The Morgan fingerprint density at radius 2 is 2.20 bits per heavy atom. The van der Waals surface area contributed by atoms with Crippen LogP contribution in [0.15, 0.2) is 52.2 Å². The second-order valence-corrected chi connectivity index (χ2v) is 8.83. The fourth-order valence-electron chi connectivity index (χ4n) is 3.35. The molecule has 4 heterocycles. The fourth-order valence-corrected chi connectivity index (χ4v) is 4.98. The minimum absolute atomic E-state index is 0.116. The van der Waals surface area contributed by atoms with Crippen molar-refractivity contribution >= 4 is 44.4 Å². The van der Waals surface area contributed by atoms with E-state index in [1.165, 1.54) is 23.1 Å². The van der Waals surface area contributed by atoms with Gasteiger partial charge in [-0.2, -0.15) is 0 Å². The van der Waals surface area contributed by atoms with Gasteiger partial charge in [0.1, 0.15) is 0 Å². The second kappa shape index (κ2) is 8.58. The fraction of sp³-hybridized carbons (Fsp3) is 0.300. The Balaban J connectivity index is 1.29. The molecule has 0 bridgehead atoms. The van der Waals surface area contributed by atoms with E-state index in [-0.39, 0.29) is 17.8 Å². The van der Waals surface area contributed by atoms with E-state index in [0.29, 0.717) is 28.4 Å². The van der Waals surface area contributed by atoms with Crippen molar-refractivity contribution in [3.63, 3.8) is 0 Å². The topological polar surface area (TPSA) is 95.1 Å². The van der Waals surface area contributed by atoms with Crippen LogP contribution < -0.4 is 5.32 Å². The number of hydrogen-bond acceptors (Lipinski definition) is 8. The summed E-state index contributed by atoms with van der Waals surface area (Å²) in [5.41, 5.74) is 0.879. The van der Waals surface area contributed by atoms with Crippen molar-refractivity contribution in [2.45, 2.75) is 30.6 Å². The quantitative estimate of drug-likeness (QED) is 0.432. The monoisotopic (exact) mass is 441 g/mol. The number of hydrogen-bond donors (Lipinski definition) is 1. The average Bonchev–Trinajstić information content (AvgIpc) is 3.53. The van der Waals surface area contributed by atoms with Gasteiger partial charge in [-0.3, -0.25) is 9.36 Å². The summed E-state index contributed by atoms with van der Waals surface area (Å²) in [5.74, 6) is 1.36. The van der Waals surface area contributed by atoms with Gasteiger partial charge in [-0.25, -0.2) is 4.98 Å². The number of anilines is 1. The van der Waals surface area contributed by atoms with Crippen LogP contribution in [0.1, 0.15) is 12.8 Å². The maximum Gasteiger partial charge on any atom is 0.236 e. The third-order valence-electron chi connectivity index (χ3n) is 4.74. The van der Waals surface area contributed by atoms with E-state index in [9.17, 15) is 4.79 Å². The molecule has 8 nitrogen and oxygen atoms in total.